The maximum atomic E-state index is 11.6. The third-order valence-corrected chi connectivity index (χ3v) is 2.98. The third kappa shape index (κ3) is 2.24. The molecule has 4 heteroatoms. The maximum absolute atomic E-state index is 11.6. The van der Waals surface area contributed by atoms with Gasteiger partial charge < -0.3 is 11.1 Å². The zero-order chi connectivity index (χ0) is 10.1. The van der Waals surface area contributed by atoms with Gasteiger partial charge in [0.15, 0.2) is 0 Å². The number of amides is 1. The Hall–Kier alpha value is -0.620. The second-order valence-corrected chi connectivity index (χ2v) is 4.73. The molecule has 3 N–H and O–H groups in total. The van der Waals surface area contributed by atoms with Gasteiger partial charge in [0, 0.05) is 21.2 Å². The summed E-state index contributed by atoms with van der Waals surface area (Å²) in [6.45, 7) is 0. The lowest BCUT2D eigenvalue weighted by Gasteiger charge is -2.03. The molecule has 0 aliphatic heterocycles. The van der Waals surface area contributed by atoms with E-state index in [1.807, 2.05) is 24.3 Å². The highest BCUT2D eigenvalue weighted by molar-refractivity contribution is 14.1. The first-order valence-corrected chi connectivity index (χ1v) is 5.57. The van der Waals surface area contributed by atoms with Crippen molar-refractivity contribution in [3.8, 4) is 0 Å². The van der Waals surface area contributed by atoms with Crippen LogP contribution in [-0.2, 0) is 0 Å². The molecule has 1 amide bonds. The molecule has 1 fully saturated rings. The number of carbonyl (C=O) groups is 1. The molecule has 3 nitrogen and oxygen atoms in total. The van der Waals surface area contributed by atoms with Crippen LogP contribution < -0.4 is 11.1 Å². The Morgan fingerprint density at radius 2 is 2.00 bits per heavy atom. The fraction of sp³-hybridized carbons (Fsp3) is 0.300. The molecule has 74 valence electrons. The van der Waals surface area contributed by atoms with Crippen LogP contribution in [0.1, 0.15) is 16.8 Å². The van der Waals surface area contributed by atoms with E-state index in [1.54, 1.807) is 0 Å². The molecule has 2 rings (SSSR count). The van der Waals surface area contributed by atoms with Crippen molar-refractivity contribution >= 4 is 28.5 Å². The number of hydrogen-bond donors (Lipinski definition) is 2. The summed E-state index contributed by atoms with van der Waals surface area (Å²) in [5, 5.41) is 2.87. The molecule has 0 bridgehead atoms. The molecule has 0 heterocycles. The fourth-order valence-electron chi connectivity index (χ4n) is 1.23. The third-order valence-electron chi connectivity index (χ3n) is 2.26. The van der Waals surface area contributed by atoms with E-state index >= 15 is 0 Å². The normalized spacial score (nSPS) is 24.4. The number of carbonyl (C=O) groups excluding carboxylic acids is 1. The van der Waals surface area contributed by atoms with Crippen LogP contribution in [0.25, 0.3) is 0 Å². The van der Waals surface area contributed by atoms with E-state index in [0.29, 0.717) is 5.56 Å². The topological polar surface area (TPSA) is 55.1 Å². The summed E-state index contributed by atoms with van der Waals surface area (Å²) < 4.78 is 1.13. The lowest BCUT2D eigenvalue weighted by Crippen LogP contribution is -2.29. The Bertz CT molecular complexity index is 350. The summed E-state index contributed by atoms with van der Waals surface area (Å²) >= 11 is 2.21. The Morgan fingerprint density at radius 3 is 2.50 bits per heavy atom. The van der Waals surface area contributed by atoms with E-state index in [0.717, 1.165) is 9.99 Å². The average molecular weight is 302 g/mol. The molecular formula is C10H11IN2O. The average Bonchev–Trinajstić information content (AvgIpc) is 2.82. The number of rotatable bonds is 2. The standard InChI is InChI=1S/C10H11IN2O/c11-7-3-1-6(2-4-7)10(14)13-9-5-8(9)12/h1-4,8-9H,5,12H2,(H,13,14). The molecule has 1 aliphatic carbocycles. The number of nitrogens with one attached hydrogen (secondary N) is 1. The predicted octanol–water partition coefficient (Wildman–Crippen LogP) is 1.12. The van der Waals surface area contributed by atoms with Crippen molar-refractivity contribution in [1.29, 1.82) is 0 Å². The number of halogens is 1. The zero-order valence-electron chi connectivity index (χ0n) is 7.53. The van der Waals surface area contributed by atoms with Crippen LogP contribution in [0.2, 0.25) is 0 Å². The second-order valence-electron chi connectivity index (χ2n) is 3.49. The molecule has 1 aromatic rings. The molecule has 1 aromatic carbocycles. The van der Waals surface area contributed by atoms with Gasteiger partial charge in [-0.25, -0.2) is 0 Å². The first-order chi connectivity index (χ1) is 6.66. The van der Waals surface area contributed by atoms with Crippen LogP contribution >= 0.6 is 22.6 Å². The summed E-state index contributed by atoms with van der Waals surface area (Å²) in [6, 6.07) is 7.82. The van der Waals surface area contributed by atoms with Gasteiger partial charge >= 0.3 is 0 Å². The van der Waals surface area contributed by atoms with Gasteiger partial charge in [0.2, 0.25) is 0 Å². The molecule has 1 saturated carbocycles. The smallest absolute Gasteiger partial charge is 0.251 e. The summed E-state index contributed by atoms with van der Waals surface area (Å²) in [5.41, 5.74) is 6.30. The molecular weight excluding hydrogens is 291 g/mol. The van der Waals surface area contributed by atoms with Crippen molar-refractivity contribution in [2.75, 3.05) is 0 Å². The van der Waals surface area contributed by atoms with Crippen molar-refractivity contribution in [2.45, 2.75) is 18.5 Å². The maximum Gasteiger partial charge on any atom is 0.251 e. The minimum absolute atomic E-state index is 0.0284. The lowest BCUT2D eigenvalue weighted by molar-refractivity contribution is 0.0950. The van der Waals surface area contributed by atoms with E-state index in [9.17, 15) is 4.79 Å². The highest BCUT2D eigenvalue weighted by atomic mass is 127. The Balaban J connectivity index is 2.00. The second kappa shape index (κ2) is 3.86. The SMILES string of the molecule is NC1CC1NC(=O)c1ccc(I)cc1. The van der Waals surface area contributed by atoms with Crippen LogP contribution in [0.3, 0.4) is 0 Å². The molecule has 2 unspecified atom stereocenters. The van der Waals surface area contributed by atoms with E-state index in [2.05, 4.69) is 27.9 Å². The van der Waals surface area contributed by atoms with Gasteiger partial charge in [-0.05, 0) is 53.3 Å². The van der Waals surface area contributed by atoms with E-state index in [4.69, 9.17) is 5.73 Å². The molecule has 14 heavy (non-hydrogen) atoms. The van der Waals surface area contributed by atoms with Crippen LogP contribution in [0.4, 0.5) is 0 Å². The minimum atomic E-state index is -0.0284. The molecule has 0 spiro atoms. The highest BCUT2D eigenvalue weighted by Gasteiger charge is 2.34. The monoisotopic (exact) mass is 302 g/mol. The quantitative estimate of drug-likeness (QED) is 0.805. The van der Waals surface area contributed by atoms with Crippen LogP contribution in [0.15, 0.2) is 24.3 Å². The molecule has 0 radical (unpaired) electrons. The summed E-state index contributed by atoms with van der Waals surface area (Å²) in [4.78, 5) is 11.6. The van der Waals surface area contributed by atoms with Crippen molar-refractivity contribution in [2.24, 2.45) is 5.73 Å². The highest BCUT2D eigenvalue weighted by Crippen LogP contribution is 2.18. The van der Waals surface area contributed by atoms with Crippen molar-refractivity contribution in [3.63, 3.8) is 0 Å². The molecule has 0 saturated heterocycles. The summed E-state index contributed by atoms with van der Waals surface area (Å²) in [5.74, 6) is -0.0284. The number of hydrogen-bond acceptors (Lipinski definition) is 2. The predicted molar refractivity (Wildman–Crippen MR) is 63.0 cm³/mol. The summed E-state index contributed by atoms with van der Waals surface area (Å²) in [7, 11) is 0. The van der Waals surface area contributed by atoms with Crippen LogP contribution in [0, 0.1) is 3.57 Å². The number of benzene rings is 1. The summed E-state index contributed by atoms with van der Waals surface area (Å²) in [6.07, 6.45) is 0.899. The van der Waals surface area contributed by atoms with Crippen LogP contribution in [-0.4, -0.2) is 18.0 Å². The minimum Gasteiger partial charge on any atom is -0.348 e. The van der Waals surface area contributed by atoms with Crippen molar-refractivity contribution in [3.05, 3.63) is 33.4 Å². The van der Waals surface area contributed by atoms with Gasteiger partial charge in [0.25, 0.3) is 5.91 Å². The first-order valence-electron chi connectivity index (χ1n) is 4.49. The Morgan fingerprint density at radius 1 is 1.43 bits per heavy atom. The van der Waals surface area contributed by atoms with Gasteiger partial charge in [0.1, 0.15) is 0 Å². The molecule has 2 atom stereocenters. The lowest BCUT2D eigenvalue weighted by atomic mass is 10.2. The first kappa shape index (κ1) is 9.92. The molecule has 1 aliphatic rings. The van der Waals surface area contributed by atoms with E-state index in [1.165, 1.54) is 0 Å². The van der Waals surface area contributed by atoms with E-state index < -0.39 is 0 Å². The Labute approximate surface area is 96.2 Å². The Kier molecular flexibility index (Phi) is 2.73. The van der Waals surface area contributed by atoms with Crippen molar-refractivity contribution < 1.29 is 4.79 Å². The number of nitrogens with two attached hydrogens (primary N) is 1. The van der Waals surface area contributed by atoms with Gasteiger partial charge in [-0.1, -0.05) is 0 Å². The molecule has 0 aromatic heterocycles. The van der Waals surface area contributed by atoms with Gasteiger partial charge in [0.05, 0.1) is 0 Å². The van der Waals surface area contributed by atoms with Crippen molar-refractivity contribution in [1.82, 2.24) is 5.32 Å². The van der Waals surface area contributed by atoms with Crippen LogP contribution in [0.5, 0.6) is 0 Å². The zero-order valence-corrected chi connectivity index (χ0v) is 9.69. The van der Waals surface area contributed by atoms with Gasteiger partial charge in [-0.15, -0.1) is 0 Å². The fourth-order valence-corrected chi connectivity index (χ4v) is 1.59. The van der Waals surface area contributed by atoms with Gasteiger partial charge in [-0.3, -0.25) is 4.79 Å². The van der Waals surface area contributed by atoms with E-state index in [-0.39, 0.29) is 18.0 Å². The van der Waals surface area contributed by atoms with Gasteiger partial charge in [-0.2, -0.15) is 0 Å². The largest absolute Gasteiger partial charge is 0.348 e.